The van der Waals surface area contributed by atoms with E-state index in [0.717, 1.165) is 6.07 Å². The fourth-order valence-electron chi connectivity index (χ4n) is 1.37. The summed E-state index contributed by atoms with van der Waals surface area (Å²) in [6, 6.07) is 5.10. The molecule has 0 spiro atoms. The third kappa shape index (κ3) is 3.65. The molecule has 3 nitrogen and oxygen atoms in total. The molecule has 1 rings (SSSR count). The lowest BCUT2D eigenvalue weighted by Crippen LogP contribution is -2.32. The molecule has 0 bridgehead atoms. The Morgan fingerprint density at radius 3 is 2.50 bits per heavy atom. The highest BCUT2D eigenvalue weighted by Gasteiger charge is 2.33. The number of hydrogen-bond donors (Lipinski definition) is 1. The Labute approximate surface area is 104 Å². The molecule has 0 radical (unpaired) electrons. The standard InChI is InChI=1S/C12H15F3N2O/c1-3-17(2)11(18)8-16-10-7-5-4-6-9(10)12(13,14)15/h4-7,16H,3,8H2,1-2H3. The Balaban J connectivity index is 2.77. The summed E-state index contributed by atoms with van der Waals surface area (Å²) >= 11 is 0. The molecule has 0 aliphatic heterocycles. The van der Waals surface area contributed by atoms with Crippen molar-refractivity contribution in [2.24, 2.45) is 0 Å². The molecule has 0 aliphatic carbocycles. The second kappa shape index (κ2) is 5.75. The van der Waals surface area contributed by atoms with E-state index >= 15 is 0 Å². The fraction of sp³-hybridized carbons (Fsp3) is 0.417. The fourth-order valence-corrected chi connectivity index (χ4v) is 1.37. The van der Waals surface area contributed by atoms with Crippen molar-refractivity contribution in [2.75, 3.05) is 25.5 Å². The van der Waals surface area contributed by atoms with Gasteiger partial charge in [-0.3, -0.25) is 4.79 Å². The zero-order chi connectivity index (χ0) is 13.8. The summed E-state index contributed by atoms with van der Waals surface area (Å²) in [5.41, 5.74) is -0.847. The smallest absolute Gasteiger partial charge is 0.376 e. The number of nitrogens with zero attached hydrogens (tertiary/aromatic N) is 1. The van der Waals surface area contributed by atoms with Gasteiger partial charge >= 0.3 is 6.18 Å². The van der Waals surface area contributed by atoms with Gasteiger partial charge in [0.05, 0.1) is 12.1 Å². The second-order valence-corrected chi connectivity index (χ2v) is 3.80. The lowest BCUT2D eigenvalue weighted by atomic mass is 10.1. The van der Waals surface area contributed by atoms with E-state index in [0.29, 0.717) is 6.54 Å². The molecule has 0 atom stereocenters. The van der Waals surface area contributed by atoms with Gasteiger partial charge in [-0.25, -0.2) is 0 Å². The Morgan fingerprint density at radius 1 is 1.33 bits per heavy atom. The highest BCUT2D eigenvalue weighted by molar-refractivity contribution is 5.80. The van der Waals surface area contributed by atoms with Crippen LogP contribution in [0.1, 0.15) is 12.5 Å². The van der Waals surface area contributed by atoms with Crippen molar-refractivity contribution in [2.45, 2.75) is 13.1 Å². The SMILES string of the molecule is CCN(C)C(=O)CNc1ccccc1C(F)(F)F. The van der Waals surface area contributed by atoms with Crippen LogP contribution in [0.3, 0.4) is 0 Å². The molecule has 1 N–H and O–H groups in total. The van der Waals surface area contributed by atoms with E-state index in [2.05, 4.69) is 5.32 Å². The maximum Gasteiger partial charge on any atom is 0.418 e. The summed E-state index contributed by atoms with van der Waals surface area (Å²) in [6.07, 6.45) is -4.43. The molecule has 1 aromatic rings. The predicted molar refractivity (Wildman–Crippen MR) is 63.2 cm³/mol. The number of para-hydroxylation sites is 1. The zero-order valence-electron chi connectivity index (χ0n) is 10.2. The largest absolute Gasteiger partial charge is 0.418 e. The van der Waals surface area contributed by atoms with E-state index in [1.54, 1.807) is 14.0 Å². The van der Waals surface area contributed by atoms with Crippen LogP contribution in [0.4, 0.5) is 18.9 Å². The second-order valence-electron chi connectivity index (χ2n) is 3.80. The zero-order valence-corrected chi connectivity index (χ0v) is 10.2. The van der Waals surface area contributed by atoms with E-state index in [1.807, 2.05) is 0 Å². The number of halogens is 3. The van der Waals surface area contributed by atoms with Crippen LogP contribution in [0.15, 0.2) is 24.3 Å². The van der Waals surface area contributed by atoms with Crippen LogP contribution in [0.2, 0.25) is 0 Å². The number of amides is 1. The summed E-state index contributed by atoms with van der Waals surface area (Å²) in [6.45, 7) is 2.15. The summed E-state index contributed by atoms with van der Waals surface area (Å²) < 4.78 is 38.0. The highest BCUT2D eigenvalue weighted by atomic mass is 19.4. The molecule has 1 amide bonds. The predicted octanol–water partition coefficient (Wildman–Crippen LogP) is 2.60. The van der Waals surface area contributed by atoms with Gasteiger partial charge in [0.1, 0.15) is 0 Å². The van der Waals surface area contributed by atoms with Crippen molar-refractivity contribution in [1.82, 2.24) is 4.90 Å². The van der Waals surface area contributed by atoms with Crippen LogP contribution >= 0.6 is 0 Å². The van der Waals surface area contributed by atoms with Crippen LogP contribution in [0.5, 0.6) is 0 Å². The minimum absolute atomic E-state index is 0.0807. The summed E-state index contributed by atoms with van der Waals surface area (Å²) in [5, 5.41) is 2.52. The molecule has 0 unspecified atom stereocenters. The lowest BCUT2D eigenvalue weighted by molar-refractivity contribution is -0.137. The number of alkyl halides is 3. The van der Waals surface area contributed by atoms with E-state index < -0.39 is 11.7 Å². The average molecular weight is 260 g/mol. The molecule has 6 heteroatoms. The van der Waals surface area contributed by atoms with Gasteiger partial charge in [0, 0.05) is 19.3 Å². The number of carbonyl (C=O) groups is 1. The maximum absolute atomic E-state index is 12.7. The summed E-state index contributed by atoms with van der Waals surface area (Å²) in [5.74, 6) is -0.255. The quantitative estimate of drug-likeness (QED) is 0.902. The van der Waals surface area contributed by atoms with Crippen molar-refractivity contribution in [3.05, 3.63) is 29.8 Å². The molecule has 100 valence electrons. The van der Waals surface area contributed by atoms with E-state index in [9.17, 15) is 18.0 Å². The van der Waals surface area contributed by atoms with Crippen molar-refractivity contribution in [3.63, 3.8) is 0 Å². The Bertz CT molecular complexity index is 418. The number of rotatable bonds is 4. The first-order valence-electron chi connectivity index (χ1n) is 5.50. The molecule has 0 saturated heterocycles. The topological polar surface area (TPSA) is 32.3 Å². The lowest BCUT2D eigenvalue weighted by Gasteiger charge is -2.17. The molecule has 0 heterocycles. The van der Waals surface area contributed by atoms with Gasteiger partial charge in [0.25, 0.3) is 0 Å². The van der Waals surface area contributed by atoms with Crippen LogP contribution in [0, 0.1) is 0 Å². The normalized spacial score (nSPS) is 11.2. The third-order valence-electron chi connectivity index (χ3n) is 2.56. The third-order valence-corrected chi connectivity index (χ3v) is 2.56. The van der Waals surface area contributed by atoms with Crippen molar-refractivity contribution < 1.29 is 18.0 Å². The number of benzene rings is 1. The number of carbonyl (C=O) groups excluding carboxylic acids is 1. The molecule has 1 aromatic carbocycles. The van der Waals surface area contributed by atoms with Crippen LogP contribution < -0.4 is 5.32 Å². The van der Waals surface area contributed by atoms with Crippen molar-refractivity contribution in [3.8, 4) is 0 Å². The minimum Gasteiger partial charge on any atom is -0.376 e. The first-order valence-corrected chi connectivity index (χ1v) is 5.50. The van der Waals surface area contributed by atoms with Crippen LogP contribution in [0.25, 0.3) is 0 Å². The Kier molecular flexibility index (Phi) is 4.58. The molecular formula is C12H15F3N2O. The van der Waals surface area contributed by atoms with E-state index in [-0.39, 0.29) is 18.1 Å². The number of anilines is 1. The molecule has 0 aromatic heterocycles. The minimum atomic E-state index is -4.43. The van der Waals surface area contributed by atoms with Gasteiger partial charge in [0.15, 0.2) is 0 Å². The monoisotopic (exact) mass is 260 g/mol. The van der Waals surface area contributed by atoms with Crippen molar-refractivity contribution in [1.29, 1.82) is 0 Å². The van der Waals surface area contributed by atoms with E-state index in [4.69, 9.17) is 0 Å². The molecule has 0 saturated carbocycles. The van der Waals surface area contributed by atoms with E-state index in [1.165, 1.54) is 23.1 Å². The van der Waals surface area contributed by atoms with Crippen LogP contribution in [-0.4, -0.2) is 30.9 Å². The first kappa shape index (κ1) is 14.3. The Hall–Kier alpha value is -1.72. The van der Waals surface area contributed by atoms with Crippen molar-refractivity contribution >= 4 is 11.6 Å². The van der Waals surface area contributed by atoms with Gasteiger partial charge in [-0.2, -0.15) is 13.2 Å². The van der Waals surface area contributed by atoms with Gasteiger partial charge < -0.3 is 10.2 Å². The molecule has 18 heavy (non-hydrogen) atoms. The van der Waals surface area contributed by atoms with Gasteiger partial charge in [0.2, 0.25) is 5.91 Å². The maximum atomic E-state index is 12.7. The number of nitrogens with one attached hydrogen (secondary N) is 1. The molecule has 0 fully saturated rings. The average Bonchev–Trinajstić information content (AvgIpc) is 2.34. The summed E-state index contributed by atoms with van der Waals surface area (Å²) in [4.78, 5) is 12.9. The Morgan fingerprint density at radius 2 is 1.94 bits per heavy atom. The summed E-state index contributed by atoms with van der Waals surface area (Å²) in [7, 11) is 1.60. The highest BCUT2D eigenvalue weighted by Crippen LogP contribution is 2.34. The van der Waals surface area contributed by atoms with Gasteiger partial charge in [-0.15, -0.1) is 0 Å². The first-order chi connectivity index (χ1) is 8.36. The molecule has 0 aliphatic rings. The van der Waals surface area contributed by atoms with Gasteiger partial charge in [-0.05, 0) is 19.1 Å². The van der Waals surface area contributed by atoms with Gasteiger partial charge in [-0.1, -0.05) is 12.1 Å². The van der Waals surface area contributed by atoms with Crippen LogP contribution in [-0.2, 0) is 11.0 Å². The molecular weight excluding hydrogens is 245 g/mol. The number of hydrogen-bond acceptors (Lipinski definition) is 2. The number of likely N-dealkylation sites (N-methyl/N-ethyl adjacent to an activating group) is 1.